The summed E-state index contributed by atoms with van der Waals surface area (Å²) in [4.78, 5) is 13.6. The zero-order chi connectivity index (χ0) is 16.8. The summed E-state index contributed by atoms with van der Waals surface area (Å²) in [5.41, 5.74) is 1.07. The highest BCUT2D eigenvalue weighted by atomic mass is 16.6. The molecule has 1 saturated heterocycles. The number of rotatable bonds is 7. The van der Waals surface area contributed by atoms with Crippen molar-refractivity contribution >= 4 is 6.09 Å². The first-order valence-electron chi connectivity index (χ1n) is 8.46. The van der Waals surface area contributed by atoms with Crippen molar-refractivity contribution in [3.05, 3.63) is 60.6 Å². The lowest BCUT2D eigenvalue weighted by Crippen LogP contribution is -2.27. The van der Waals surface area contributed by atoms with E-state index in [1.54, 1.807) is 6.26 Å². The van der Waals surface area contributed by atoms with E-state index < -0.39 is 0 Å². The molecule has 1 aliphatic carbocycles. The van der Waals surface area contributed by atoms with Crippen molar-refractivity contribution in [3.8, 4) is 0 Å². The first-order chi connectivity index (χ1) is 11.8. The summed E-state index contributed by atoms with van der Waals surface area (Å²) in [6, 6.07) is 0. The Hall–Kier alpha value is -2.43. The van der Waals surface area contributed by atoms with Crippen molar-refractivity contribution in [2.75, 3.05) is 6.54 Å². The highest BCUT2D eigenvalue weighted by Gasteiger charge is 2.35. The minimum Gasteiger partial charge on any atom is -0.463 e. The molecule has 3 rings (SSSR count). The van der Waals surface area contributed by atoms with Crippen molar-refractivity contribution in [2.45, 2.75) is 44.6 Å². The molecule has 0 bridgehead atoms. The molecule has 2 heterocycles. The summed E-state index contributed by atoms with van der Waals surface area (Å²) < 4.78 is 16.7. The number of carbonyl (C=O) groups excluding carboxylic acids is 1. The smallest absolute Gasteiger partial charge is 0.417 e. The first kappa shape index (κ1) is 16.4. The van der Waals surface area contributed by atoms with Crippen LogP contribution in [0.25, 0.3) is 0 Å². The highest BCUT2D eigenvalue weighted by molar-refractivity contribution is 5.71. The Morgan fingerprint density at radius 3 is 3.04 bits per heavy atom. The Bertz CT molecular complexity index is 615. The molecule has 5 heteroatoms. The molecule has 0 aromatic rings. The molecule has 1 fully saturated rings. The number of nitrogens with zero attached hydrogens (tertiary/aromatic N) is 1. The molecule has 128 valence electrons. The van der Waals surface area contributed by atoms with Crippen molar-refractivity contribution in [3.63, 3.8) is 0 Å². The number of cyclic esters (lactones) is 1. The average molecular weight is 329 g/mol. The van der Waals surface area contributed by atoms with E-state index in [2.05, 4.69) is 12.7 Å². The maximum Gasteiger partial charge on any atom is 0.417 e. The first-order valence-corrected chi connectivity index (χ1v) is 8.46. The third-order valence-electron chi connectivity index (χ3n) is 4.21. The molecule has 0 saturated carbocycles. The second-order valence-electron chi connectivity index (χ2n) is 6.02. The van der Waals surface area contributed by atoms with Gasteiger partial charge in [0.15, 0.2) is 12.0 Å². The van der Waals surface area contributed by atoms with Gasteiger partial charge in [-0.05, 0) is 44.1 Å². The van der Waals surface area contributed by atoms with Gasteiger partial charge < -0.3 is 14.2 Å². The van der Waals surface area contributed by atoms with Gasteiger partial charge in [-0.3, -0.25) is 0 Å². The van der Waals surface area contributed by atoms with Crippen LogP contribution in [0.15, 0.2) is 60.6 Å². The molecule has 1 atom stereocenters. The van der Waals surface area contributed by atoms with E-state index in [0.29, 0.717) is 18.2 Å². The summed E-state index contributed by atoms with van der Waals surface area (Å²) in [5, 5.41) is 0. The average Bonchev–Trinajstić information content (AvgIpc) is 3.00. The van der Waals surface area contributed by atoms with E-state index in [0.717, 1.165) is 44.1 Å². The molecule has 1 unspecified atom stereocenters. The minimum atomic E-state index is -0.377. The fraction of sp³-hybridized carbons (Fsp3) is 0.421. The Balaban J connectivity index is 1.55. The number of carbonyl (C=O) groups is 1. The van der Waals surface area contributed by atoms with Crippen LogP contribution in [0.5, 0.6) is 0 Å². The lowest BCUT2D eigenvalue weighted by molar-refractivity contribution is 0.116. The molecule has 0 aromatic heterocycles. The maximum absolute atomic E-state index is 12.1. The van der Waals surface area contributed by atoms with Crippen LogP contribution < -0.4 is 0 Å². The molecule has 0 spiro atoms. The molecule has 2 aliphatic heterocycles. The second kappa shape index (κ2) is 7.90. The van der Waals surface area contributed by atoms with Crippen LogP contribution in [0.3, 0.4) is 0 Å². The number of hydrogen-bond donors (Lipinski definition) is 0. The molecular weight excluding hydrogens is 306 g/mol. The molecule has 0 aromatic carbocycles. The molecular formula is C19H23NO4. The van der Waals surface area contributed by atoms with Gasteiger partial charge >= 0.3 is 6.09 Å². The molecule has 0 radical (unpaired) electrons. The molecule has 0 N–H and O–H groups in total. The SMILES string of the molecule is C=CCCCCC1CN(C2=COC=C(C3=CC=CCC3)O2)C(=O)O1. The largest absolute Gasteiger partial charge is 0.463 e. The number of unbranched alkanes of at least 4 members (excludes halogenated alkanes) is 2. The van der Waals surface area contributed by atoms with Crippen LogP contribution in [-0.2, 0) is 14.2 Å². The van der Waals surface area contributed by atoms with Gasteiger partial charge in [0.2, 0.25) is 5.88 Å². The molecule has 1 amide bonds. The Kier molecular flexibility index (Phi) is 5.41. The van der Waals surface area contributed by atoms with Gasteiger partial charge in [0.05, 0.1) is 6.54 Å². The molecule has 3 aliphatic rings. The van der Waals surface area contributed by atoms with Gasteiger partial charge in [0.1, 0.15) is 12.4 Å². The monoisotopic (exact) mass is 329 g/mol. The van der Waals surface area contributed by atoms with Crippen molar-refractivity contribution in [2.24, 2.45) is 0 Å². The van der Waals surface area contributed by atoms with Crippen LogP contribution >= 0.6 is 0 Å². The van der Waals surface area contributed by atoms with Crippen LogP contribution in [0, 0.1) is 0 Å². The molecule has 24 heavy (non-hydrogen) atoms. The maximum atomic E-state index is 12.1. The zero-order valence-corrected chi connectivity index (χ0v) is 13.8. The Morgan fingerprint density at radius 2 is 2.25 bits per heavy atom. The number of hydrogen-bond acceptors (Lipinski definition) is 4. The Labute approximate surface area is 142 Å². The van der Waals surface area contributed by atoms with Crippen molar-refractivity contribution < 1.29 is 19.0 Å². The quantitative estimate of drug-likeness (QED) is 0.509. The lowest BCUT2D eigenvalue weighted by atomic mass is 10.0. The van der Waals surface area contributed by atoms with E-state index in [9.17, 15) is 4.79 Å². The van der Waals surface area contributed by atoms with Crippen LogP contribution in [-0.4, -0.2) is 23.6 Å². The molecule has 5 nitrogen and oxygen atoms in total. The van der Waals surface area contributed by atoms with Crippen LogP contribution in [0.1, 0.15) is 38.5 Å². The fourth-order valence-electron chi connectivity index (χ4n) is 2.90. The second-order valence-corrected chi connectivity index (χ2v) is 6.02. The van der Waals surface area contributed by atoms with Gasteiger partial charge in [-0.25, -0.2) is 9.69 Å². The zero-order valence-electron chi connectivity index (χ0n) is 13.8. The Morgan fingerprint density at radius 1 is 1.33 bits per heavy atom. The lowest BCUT2D eigenvalue weighted by Gasteiger charge is -2.23. The van der Waals surface area contributed by atoms with E-state index >= 15 is 0 Å². The van der Waals surface area contributed by atoms with Gasteiger partial charge in [-0.15, -0.1) is 6.58 Å². The third-order valence-corrected chi connectivity index (χ3v) is 4.21. The number of ether oxygens (including phenoxy) is 3. The summed E-state index contributed by atoms with van der Waals surface area (Å²) in [5.74, 6) is 1.04. The van der Waals surface area contributed by atoms with E-state index in [1.165, 1.54) is 11.2 Å². The van der Waals surface area contributed by atoms with E-state index in [4.69, 9.17) is 14.2 Å². The van der Waals surface area contributed by atoms with Gasteiger partial charge in [-0.1, -0.05) is 24.3 Å². The summed E-state index contributed by atoms with van der Waals surface area (Å²) in [6.07, 6.45) is 16.4. The third kappa shape index (κ3) is 3.91. The van der Waals surface area contributed by atoms with Gasteiger partial charge in [0, 0.05) is 0 Å². The summed E-state index contributed by atoms with van der Waals surface area (Å²) >= 11 is 0. The topological polar surface area (TPSA) is 48.0 Å². The number of allylic oxidation sites excluding steroid dienone is 5. The van der Waals surface area contributed by atoms with Crippen molar-refractivity contribution in [1.29, 1.82) is 0 Å². The fourth-order valence-corrected chi connectivity index (χ4v) is 2.90. The predicted molar refractivity (Wildman–Crippen MR) is 90.4 cm³/mol. The number of amides is 1. The van der Waals surface area contributed by atoms with Gasteiger partial charge in [-0.2, -0.15) is 0 Å². The van der Waals surface area contributed by atoms with E-state index in [-0.39, 0.29) is 12.2 Å². The van der Waals surface area contributed by atoms with Crippen LogP contribution in [0.4, 0.5) is 4.79 Å². The van der Waals surface area contributed by atoms with Crippen molar-refractivity contribution in [1.82, 2.24) is 4.90 Å². The standard InChI is InChI=1S/C19H23NO4/c1-2-3-4-8-11-16-12-20(19(21)23-16)18-14-22-13-17(24-18)15-9-6-5-7-10-15/h2,5-6,9,13-14,16H,1,3-4,7-8,10-12H2. The highest BCUT2D eigenvalue weighted by Crippen LogP contribution is 2.30. The predicted octanol–water partition coefficient (Wildman–Crippen LogP) is 4.52. The van der Waals surface area contributed by atoms with Crippen LogP contribution in [0.2, 0.25) is 0 Å². The van der Waals surface area contributed by atoms with Gasteiger partial charge in [0.25, 0.3) is 0 Å². The summed E-state index contributed by atoms with van der Waals surface area (Å²) in [7, 11) is 0. The normalized spacial score (nSPS) is 22.8. The summed E-state index contributed by atoms with van der Waals surface area (Å²) in [6.45, 7) is 4.21. The minimum absolute atomic E-state index is 0.0991. The van der Waals surface area contributed by atoms with E-state index in [1.807, 2.05) is 18.2 Å².